The molecule has 1 amide bonds. The number of hydrogen-bond acceptors (Lipinski definition) is 5. The summed E-state index contributed by atoms with van der Waals surface area (Å²) in [5, 5.41) is 10.6. The Balaban J connectivity index is 0.00000240. The van der Waals surface area contributed by atoms with Gasteiger partial charge in [-0.25, -0.2) is 4.68 Å². The summed E-state index contributed by atoms with van der Waals surface area (Å²) in [5.41, 5.74) is 3.33. The van der Waals surface area contributed by atoms with Crippen LogP contribution >= 0.6 is 12.4 Å². The van der Waals surface area contributed by atoms with Crippen LogP contribution in [0.3, 0.4) is 0 Å². The second-order valence-electron chi connectivity index (χ2n) is 7.75. The van der Waals surface area contributed by atoms with E-state index >= 15 is 0 Å². The summed E-state index contributed by atoms with van der Waals surface area (Å²) < 4.78 is 1.61. The first-order valence-electron chi connectivity index (χ1n) is 10.2. The predicted octanol–water partition coefficient (Wildman–Crippen LogP) is 2.79. The van der Waals surface area contributed by atoms with Crippen LogP contribution in [0.15, 0.2) is 18.2 Å². The maximum atomic E-state index is 12.5. The zero-order chi connectivity index (χ0) is 19.5. The van der Waals surface area contributed by atoms with E-state index in [-0.39, 0.29) is 36.9 Å². The first kappa shape index (κ1) is 21.5. The van der Waals surface area contributed by atoms with Crippen molar-refractivity contribution in [2.45, 2.75) is 50.9 Å². The van der Waals surface area contributed by atoms with Crippen molar-refractivity contribution in [3.8, 4) is 0 Å². The van der Waals surface area contributed by atoms with Gasteiger partial charge >= 0.3 is 0 Å². The molecule has 29 heavy (non-hydrogen) atoms. The average molecular weight is 418 g/mol. The van der Waals surface area contributed by atoms with Gasteiger partial charge in [0.05, 0.1) is 0 Å². The van der Waals surface area contributed by atoms with Crippen LogP contribution in [0.4, 0.5) is 5.95 Å². The molecule has 7 nitrogen and oxygen atoms in total. The number of nitrogens with zero attached hydrogens (tertiary/aromatic N) is 3. The maximum absolute atomic E-state index is 12.5. The van der Waals surface area contributed by atoms with Crippen molar-refractivity contribution < 1.29 is 9.59 Å². The number of piperidine rings is 1. The number of rotatable bonds is 6. The van der Waals surface area contributed by atoms with Crippen LogP contribution in [0.2, 0.25) is 0 Å². The molecule has 0 atom stereocenters. The zero-order valence-corrected chi connectivity index (χ0v) is 17.6. The van der Waals surface area contributed by atoms with Gasteiger partial charge in [-0.1, -0.05) is 12.1 Å². The molecule has 0 spiro atoms. The van der Waals surface area contributed by atoms with Crippen LogP contribution in [0, 0.1) is 0 Å². The van der Waals surface area contributed by atoms with Gasteiger partial charge in [-0.15, -0.1) is 12.4 Å². The Morgan fingerprint density at radius 3 is 2.72 bits per heavy atom. The molecule has 1 aromatic carbocycles. The average Bonchev–Trinajstić information content (AvgIpc) is 3.33. The lowest BCUT2D eigenvalue weighted by molar-refractivity contribution is -0.116. The van der Waals surface area contributed by atoms with E-state index in [1.165, 1.54) is 11.1 Å². The van der Waals surface area contributed by atoms with Crippen LogP contribution in [-0.4, -0.2) is 39.5 Å². The molecule has 156 valence electrons. The van der Waals surface area contributed by atoms with E-state index in [4.69, 9.17) is 0 Å². The number of anilines is 1. The van der Waals surface area contributed by atoms with E-state index in [0.717, 1.165) is 51.0 Å². The quantitative estimate of drug-likeness (QED) is 0.705. The van der Waals surface area contributed by atoms with Gasteiger partial charge in [0.2, 0.25) is 11.9 Å². The monoisotopic (exact) mass is 417 g/mol. The lowest BCUT2D eigenvalue weighted by atomic mass is 9.98. The molecule has 1 aliphatic heterocycles. The van der Waals surface area contributed by atoms with Crippen molar-refractivity contribution >= 4 is 30.0 Å². The SMILES string of the molecule is Cl.Cn1nc(C2CCNCC2)nc1NC(=O)CCC(=O)c1ccc2c(c1)CCC2. The van der Waals surface area contributed by atoms with Crippen molar-refractivity contribution in [1.82, 2.24) is 20.1 Å². The van der Waals surface area contributed by atoms with Gasteiger partial charge in [-0.05, 0) is 62.4 Å². The molecule has 1 aromatic heterocycles. The fourth-order valence-electron chi connectivity index (χ4n) is 4.07. The maximum Gasteiger partial charge on any atom is 0.227 e. The molecular formula is C21H28ClN5O2. The fourth-order valence-corrected chi connectivity index (χ4v) is 4.07. The Labute approximate surface area is 177 Å². The molecule has 1 saturated heterocycles. The number of nitrogens with one attached hydrogen (secondary N) is 2. The van der Waals surface area contributed by atoms with Crippen molar-refractivity contribution in [3.63, 3.8) is 0 Å². The van der Waals surface area contributed by atoms with E-state index in [9.17, 15) is 9.59 Å². The van der Waals surface area contributed by atoms with Gasteiger partial charge in [-0.3, -0.25) is 14.9 Å². The molecule has 2 heterocycles. The van der Waals surface area contributed by atoms with E-state index < -0.39 is 0 Å². The van der Waals surface area contributed by atoms with E-state index in [0.29, 0.717) is 17.4 Å². The van der Waals surface area contributed by atoms with Crippen LogP contribution in [0.1, 0.15) is 65.3 Å². The summed E-state index contributed by atoms with van der Waals surface area (Å²) in [6, 6.07) is 5.94. The zero-order valence-electron chi connectivity index (χ0n) is 16.7. The number of carbonyl (C=O) groups is 2. The fraction of sp³-hybridized carbons (Fsp3) is 0.524. The van der Waals surface area contributed by atoms with E-state index in [1.54, 1.807) is 11.7 Å². The van der Waals surface area contributed by atoms with Crippen LogP contribution in [0.5, 0.6) is 0 Å². The molecular weight excluding hydrogens is 390 g/mol. The van der Waals surface area contributed by atoms with Crippen molar-refractivity contribution in [3.05, 3.63) is 40.7 Å². The second-order valence-corrected chi connectivity index (χ2v) is 7.75. The molecule has 8 heteroatoms. The number of aryl methyl sites for hydroxylation is 3. The van der Waals surface area contributed by atoms with Crippen LogP contribution in [-0.2, 0) is 24.7 Å². The highest BCUT2D eigenvalue weighted by atomic mass is 35.5. The second kappa shape index (κ2) is 9.50. The molecule has 0 bridgehead atoms. The van der Waals surface area contributed by atoms with E-state index in [1.807, 2.05) is 12.1 Å². The Morgan fingerprint density at radius 1 is 1.17 bits per heavy atom. The number of fused-ring (bicyclic) bond motifs is 1. The summed E-state index contributed by atoms with van der Waals surface area (Å²) in [6.45, 7) is 1.94. The molecule has 1 aliphatic carbocycles. The molecule has 2 N–H and O–H groups in total. The summed E-state index contributed by atoms with van der Waals surface area (Å²) in [6.07, 6.45) is 5.66. The van der Waals surface area contributed by atoms with E-state index in [2.05, 4.69) is 26.8 Å². The predicted molar refractivity (Wildman–Crippen MR) is 114 cm³/mol. The number of ketones is 1. The minimum atomic E-state index is -0.207. The molecule has 0 unspecified atom stereocenters. The standard InChI is InChI=1S/C21H27N5O2.ClH/c1-26-21(24-20(25-26)15-9-11-22-12-10-15)23-19(28)8-7-18(27)17-6-5-14-3-2-4-16(14)13-17;/h5-6,13,15,22H,2-4,7-12H2,1H3,(H,23,24,25,28);1H. The lowest BCUT2D eigenvalue weighted by Crippen LogP contribution is -2.27. The van der Waals surface area contributed by atoms with Gasteiger partial charge in [0.25, 0.3) is 0 Å². The minimum Gasteiger partial charge on any atom is -0.317 e. The van der Waals surface area contributed by atoms with Gasteiger partial charge in [0.15, 0.2) is 11.6 Å². The van der Waals surface area contributed by atoms with Crippen molar-refractivity contribution in [2.24, 2.45) is 7.05 Å². The Hall–Kier alpha value is -2.25. The Kier molecular flexibility index (Phi) is 7.03. The molecule has 1 fully saturated rings. The number of benzene rings is 1. The highest BCUT2D eigenvalue weighted by Gasteiger charge is 2.21. The number of carbonyl (C=O) groups excluding carboxylic acids is 2. The highest BCUT2D eigenvalue weighted by molar-refractivity contribution is 5.99. The topological polar surface area (TPSA) is 88.9 Å². The number of Topliss-reactive ketones (excluding diaryl/α,β-unsaturated/α-hetero) is 1. The molecule has 4 rings (SSSR count). The Morgan fingerprint density at radius 2 is 1.93 bits per heavy atom. The van der Waals surface area contributed by atoms with Gasteiger partial charge in [0.1, 0.15) is 0 Å². The van der Waals surface area contributed by atoms with Gasteiger partial charge in [0, 0.05) is 31.4 Å². The molecule has 0 saturated carbocycles. The minimum absolute atomic E-state index is 0. The lowest BCUT2D eigenvalue weighted by Gasteiger charge is -2.19. The Bertz CT molecular complexity index is 889. The largest absolute Gasteiger partial charge is 0.317 e. The van der Waals surface area contributed by atoms with Crippen molar-refractivity contribution in [2.75, 3.05) is 18.4 Å². The summed E-state index contributed by atoms with van der Waals surface area (Å²) in [4.78, 5) is 29.3. The highest BCUT2D eigenvalue weighted by Crippen LogP contribution is 2.24. The smallest absolute Gasteiger partial charge is 0.227 e. The molecule has 2 aliphatic rings. The first-order chi connectivity index (χ1) is 13.6. The number of aromatic nitrogens is 3. The number of amides is 1. The number of hydrogen-bond donors (Lipinski definition) is 2. The van der Waals surface area contributed by atoms with Gasteiger partial charge < -0.3 is 5.32 Å². The third-order valence-corrected chi connectivity index (χ3v) is 5.73. The summed E-state index contributed by atoms with van der Waals surface area (Å²) in [5.74, 6) is 1.37. The number of halogens is 1. The summed E-state index contributed by atoms with van der Waals surface area (Å²) >= 11 is 0. The first-order valence-corrected chi connectivity index (χ1v) is 10.2. The molecule has 2 aromatic rings. The van der Waals surface area contributed by atoms with Crippen LogP contribution in [0.25, 0.3) is 0 Å². The normalized spacial score (nSPS) is 16.2. The van der Waals surface area contributed by atoms with Gasteiger partial charge in [-0.2, -0.15) is 10.1 Å². The third kappa shape index (κ3) is 5.03. The third-order valence-electron chi connectivity index (χ3n) is 5.73. The summed E-state index contributed by atoms with van der Waals surface area (Å²) in [7, 11) is 1.78. The molecule has 0 radical (unpaired) electrons. The van der Waals surface area contributed by atoms with Crippen LogP contribution < -0.4 is 10.6 Å². The van der Waals surface area contributed by atoms with Crippen molar-refractivity contribution in [1.29, 1.82) is 0 Å².